The van der Waals surface area contributed by atoms with E-state index in [4.69, 9.17) is 11.6 Å². The second kappa shape index (κ2) is 12.6. The molecule has 12 heteroatoms. The van der Waals surface area contributed by atoms with Crippen LogP contribution in [0.4, 0.5) is 11.4 Å². The van der Waals surface area contributed by atoms with Gasteiger partial charge in [0.2, 0.25) is 10.0 Å². The average molecular weight is 622 g/mol. The number of benzene rings is 3. The Kier molecular flexibility index (Phi) is 8.86. The molecule has 10 nitrogen and oxygen atoms in total. The van der Waals surface area contributed by atoms with Crippen molar-refractivity contribution in [1.29, 1.82) is 0 Å². The van der Waals surface area contributed by atoms with Crippen LogP contribution >= 0.6 is 11.6 Å². The normalized spacial score (nSPS) is 14.2. The Hall–Kier alpha value is -4.19. The summed E-state index contributed by atoms with van der Waals surface area (Å²) in [6, 6.07) is 19.5. The number of carbonyl (C=O) groups excluding carboxylic acids is 2. The van der Waals surface area contributed by atoms with Crippen LogP contribution in [0.3, 0.4) is 0 Å². The topological polar surface area (TPSA) is 123 Å². The van der Waals surface area contributed by atoms with E-state index in [1.165, 1.54) is 33.3 Å². The van der Waals surface area contributed by atoms with Crippen molar-refractivity contribution in [3.05, 3.63) is 105 Å². The average Bonchev–Trinajstić information content (AvgIpc) is 3.19. The predicted octanol–water partition coefficient (Wildman–Crippen LogP) is 5.21. The molecule has 2 N–H and O–H groups in total. The maximum Gasteiger partial charge on any atom is 0.295 e. The van der Waals surface area contributed by atoms with Gasteiger partial charge in [0, 0.05) is 37.0 Å². The highest BCUT2D eigenvalue weighted by Crippen LogP contribution is 2.28. The lowest BCUT2D eigenvalue weighted by atomic mass is 10.1. The predicted molar refractivity (Wildman–Crippen MR) is 167 cm³/mol. The van der Waals surface area contributed by atoms with E-state index in [9.17, 15) is 22.8 Å². The monoisotopic (exact) mass is 621 g/mol. The molecule has 4 aromatic rings. The summed E-state index contributed by atoms with van der Waals surface area (Å²) >= 11 is 6.29. The molecule has 3 aromatic carbocycles. The van der Waals surface area contributed by atoms with Crippen molar-refractivity contribution in [2.45, 2.75) is 37.5 Å². The van der Waals surface area contributed by atoms with E-state index in [1.807, 2.05) is 18.2 Å². The largest absolute Gasteiger partial charge is 0.322 e. The van der Waals surface area contributed by atoms with Crippen LogP contribution < -0.4 is 16.2 Å². The molecule has 2 amide bonds. The lowest BCUT2D eigenvalue weighted by molar-refractivity contribution is 0.101. The number of amides is 2. The number of nitrogens with one attached hydrogen (secondary N) is 2. The first-order valence-electron chi connectivity index (χ1n) is 13.9. The summed E-state index contributed by atoms with van der Waals surface area (Å²) < 4.78 is 31.3. The summed E-state index contributed by atoms with van der Waals surface area (Å²) in [6.07, 6.45) is 3.48. The number of hydrogen-bond acceptors (Lipinski definition) is 5. The van der Waals surface area contributed by atoms with Crippen molar-refractivity contribution in [1.82, 2.24) is 13.7 Å². The van der Waals surface area contributed by atoms with Gasteiger partial charge in [-0.2, -0.15) is 4.31 Å². The number of para-hydroxylation sites is 1. The van der Waals surface area contributed by atoms with E-state index >= 15 is 0 Å². The third-order valence-electron chi connectivity index (χ3n) is 7.55. The molecule has 2 heterocycles. The first kappa shape index (κ1) is 30.3. The fraction of sp³-hybridized carbons (Fsp3) is 0.258. The third-order valence-corrected chi connectivity index (χ3v) is 9.93. The van der Waals surface area contributed by atoms with Crippen LogP contribution in [0.25, 0.3) is 5.69 Å². The Balaban J connectivity index is 1.34. The number of hydrogen-bond donors (Lipinski definition) is 2. The van der Waals surface area contributed by atoms with Crippen LogP contribution in [0.2, 0.25) is 5.02 Å². The molecule has 0 aliphatic carbocycles. The zero-order valence-corrected chi connectivity index (χ0v) is 25.4. The van der Waals surface area contributed by atoms with Crippen molar-refractivity contribution in [2.24, 2.45) is 7.05 Å². The molecule has 0 saturated carbocycles. The zero-order chi connectivity index (χ0) is 30.7. The van der Waals surface area contributed by atoms with Crippen molar-refractivity contribution in [2.75, 3.05) is 23.7 Å². The van der Waals surface area contributed by atoms with Crippen molar-refractivity contribution in [3.8, 4) is 5.69 Å². The molecule has 0 unspecified atom stereocenters. The molecule has 0 atom stereocenters. The minimum atomic E-state index is -3.88. The molecular formula is C31H32ClN5O5S. The zero-order valence-electron chi connectivity index (χ0n) is 23.8. The SMILES string of the molecule is Cc1c(NC(=O)c2cccc(NC(=O)c3ccc(Cl)c(S(=O)(=O)N4CCCCCC4)c3)c2)c(=O)n(-c2ccccc2)n1C. The number of aromatic nitrogens is 2. The summed E-state index contributed by atoms with van der Waals surface area (Å²) in [6.45, 7) is 2.56. The van der Waals surface area contributed by atoms with Crippen molar-refractivity contribution in [3.63, 3.8) is 0 Å². The standard InChI is InChI=1S/C31H32ClN5O5S/c1-21-28(31(40)37(35(21)2)25-13-6-5-7-14-25)34-30(39)22-11-10-12-24(19-22)33-29(38)23-15-16-26(32)27(20-23)43(41,42)36-17-8-3-4-9-18-36/h5-7,10-16,19-20H,3-4,8-9,17-18H2,1-2H3,(H,33,38)(H,34,39). The Morgan fingerprint density at radius 2 is 1.47 bits per heavy atom. The molecule has 1 saturated heterocycles. The van der Waals surface area contributed by atoms with Gasteiger partial charge in [-0.15, -0.1) is 0 Å². The Morgan fingerprint density at radius 3 is 2.16 bits per heavy atom. The van der Waals surface area contributed by atoms with Gasteiger partial charge in [0.25, 0.3) is 17.4 Å². The molecule has 1 fully saturated rings. The van der Waals surface area contributed by atoms with Crippen LogP contribution in [-0.4, -0.2) is 47.0 Å². The molecule has 1 aromatic heterocycles. The maximum atomic E-state index is 13.4. The van der Waals surface area contributed by atoms with E-state index in [1.54, 1.807) is 49.0 Å². The Bertz CT molecular complexity index is 1840. The molecule has 0 radical (unpaired) electrons. The summed E-state index contributed by atoms with van der Waals surface area (Å²) in [5.74, 6) is -1.09. The fourth-order valence-electron chi connectivity index (χ4n) is 5.10. The fourth-order valence-corrected chi connectivity index (χ4v) is 7.12. The molecule has 1 aliphatic heterocycles. The Morgan fingerprint density at radius 1 is 0.814 bits per heavy atom. The first-order valence-corrected chi connectivity index (χ1v) is 15.8. The highest BCUT2D eigenvalue weighted by atomic mass is 35.5. The number of sulfonamides is 1. The number of rotatable bonds is 7. The van der Waals surface area contributed by atoms with Gasteiger partial charge in [0.05, 0.1) is 16.4 Å². The van der Waals surface area contributed by atoms with Gasteiger partial charge < -0.3 is 10.6 Å². The maximum absolute atomic E-state index is 13.4. The highest BCUT2D eigenvalue weighted by molar-refractivity contribution is 7.89. The summed E-state index contributed by atoms with van der Waals surface area (Å²) in [5.41, 5.74) is 1.63. The second-order valence-electron chi connectivity index (χ2n) is 10.4. The first-order chi connectivity index (χ1) is 20.6. The van der Waals surface area contributed by atoms with Gasteiger partial charge in [-0.05, 0) is 68.3 Å². The van der Waals surface area contributed by atoms with E-state index in [0.29, 0.717) is 30.2 Å². The summed E-state index contributed by atoms with van der Waals surface area (Å²) in [5, 5.41) is 5.48. The van der Waals surface area contributed by atoms with Gasteiger partial charge in [0.15, 0.2) is 0 Å². The molecule has 0 bridgehead atoms. The van der Waals surface area contributed by atoms with E-state index in [0.717, 1.165) is 25.7 Å². The van der Waals surface area contributed by atoms with Crippen molar-refractivity contribution >= 4 is 44.8 Å². The van der Waals surface area contributed by atoms with Crippen LogP contribution in [0.15, 0.2) is 82.5 Å². The van der Waals surface area contributed by atoms with Crippen LogP contribution in [0.1, 0.15) is 52.1 Å². The van der Waals surface area contributed by atoms with Gasteiger partial charge in [-0.25, -0.2) is 13.1 Å². The smallest absolute Gasteiger partial charge is 0.295 e. The highest BCUT2D eigenvalue weighted by Gasteiger charge is 2.28. The van der Waals surface area contributed by atoms with E-state index in [2.05, 4.69) is 10.6 Å². The van der Waals surface area contributed by atoms with Gasteiger partial charge >= 0.3 is 0 Å². The molecule has 1 aliphatic rings. The Labute approximate surface area is 254 Å². The molecular weight excluding hydrogens is 590 g/mol. The quantitative estimate of drug-likeness (QED) is 0.293. The molecule has 5 rings (SSSR count). The molecule has 224 valence electrons. The van der Waals surface area contributed by atoms with Gasteiger partial charge in [0.1, 0.15) is 10.6 Å². The second-order valence-corrected chi connectivity index (χ2v) is 12.7. The number of anilines is 2. The minimum Gasteiger partial charge on any atom is -0.322 e. The van der Waals surface area contributed by atoms with E-state index < -0.39 is 21.8 Å². The van der Waals surface area contributed by atoms with Crippen LogP contribution in [-0.2, 0) is 17.1 Å². The molecule has 0 spiro atoms. The van der Waals surface area contributed by atoms with E-state index in [-0.39, 0.29) is 32.3 Å². The van der Waals surface area contributed by atoms with Crippen LogP contribution in [0, 0.1) is 6.92 Å². The lowest BCUT2D eigenvalue weighted by Crippen LogP contribution is -2.32. The third kappa shape index (κ3) is 6.29. The van der Waals surface area contributed by atoms with Crippen LogP contribution in [0.5, 0.6) is 0 Å². The minimum absolute atomic E-state index is 0.0435. The number of halogens is 1. The number of nitrogens with zero attached hydrogens (tertiary/aromatic N) is 3. The number of carbonyl (C=O) groups is 2. The van der Waals surface area contributed by atoms with Gasteiger partial charge in [-0.1, -0.05) is 48.7 Å². The van der Waals surface area contributed by atoms with Gasteiger partial charge in [-0.3, -0.25) is 19.1 Å². The lowest BCUT2D eigenvalue weighted by Gasteiger charge is -2.21. The molecule has 43 heavy (non-hydrogen) atoms. The van der Waals surface area contributed by atoms with Crippen molar-refractivity contribution < 1.29 is 18.0 Å². The summed E-state index contributed by atoms with van der Waals surface area (Å²) in [7, 11) is -2.15. The summed E-state index contributed by atoms with van der Waals surface area (Å²) in [4.78, 5) is 39.4.